The zero-order valence-corrected chi connectivity index (χ0v) is 12.9. The van der Waals surface area contributed by atoms with E-state index in [-0.39, 0.29) is 16.2 Å². The summed E-state index contributed by atoms with van der Waals surface area (Å²) in [6.45, 7) is 0. The third-order valence-corrected chi connectivity index (χ3v) is 4.27. The number of benzene rings is 2. The van der Waals surface area contributed by atoms with Crippen LogP contribution >= 0.6 is 0 Å². The van der Waals surface area contributed by atoms with Crippen LogP contribution in [0, 0.1) is 0 Å². The number of alkyl halides is 2. The fourth-order valence-electron chi connectivity index (χ4n) is 2.32. The first-order chi connectivity index (χ1) is 11.4. The van der Waals surface area contributed by atoms with Gasteiger partial charge in [-0.25, -0.2) is 8.78 Å². The molecule has 1 aromatic heterocycles. The van der Waals surface area contributed by atoms with E-state index < -0.39 is 22.3 Å². The molecule has 8 heteroatoms. The largest absolute Gasteiger partial charge is 0.354 e. The molecule has 0 bridgehead atoms. The van der Waals surface area contributed by atoms with E-state index >= 15 is 0 Å². The van der Waals surface area contributed by atoms with Gasteiger partial charge in [0.15, 0.2) is 0 Å². The van der Waals surface area contributed by atoms with Gasteiger partial charge in [-0.05, 0) is 17.7 Å². The molecular weight excluding hydrogens is 340 g/mol. The van der Waals surface area contributed by atoms with Crippen LogP contribution in [-0.2, 0) is 10.1 Å². The molecule has 0 aliphatic rings. The van der Waals surface area contributed by atoms with Crippen LogP contribution < -0.4 is 0 Å². The lowest BCUT2D eigenvalue weighted by Crippen LogP contribution is -1.97. The predicted octanol–water partition coefficient (Wildman–Crippen LogP) is 4.19. The maximum atomic E-state index is 13.2. The lowest BCUT2D eigenvalue weighted by atomic mass is 9.99. The second-order valence-electron chi connectivity index (χ2n) is 4.94. The summed E-state index contributed by atoms with van der Waals surface area (Å²) in [7, 11) is -4.36. The van der Waals surface area contributed by atoms with Crippen LogP contribution in [0.2, 0.25) is 0 Å². The van der Waals surface area contributed by atoms with Gasteiger partial charge in [-0.1, -0.05) is 47.6 Å². The molecule has 0 fully saturated rings. The Bertz CT molecular complexity index is 952. The van der Waals surface area contributed by atoms with Gasteiger partial charge < -0.3 is 4.52 Å². The normalized spacial score (nSPS) is 11.8. The highest BCUT2D eigenvalue weighted by Crippen LogP contribution is 2.39. The van der Waals surface area contributed by atoms with E-state index in [1.807, 2.05) is 0 Å². The highest BCUT2D eigenvalue weighted by Gasteiger charge is 2.25. The van der Waals surface area contributed by atoms with Gasteiger partial charge in [-0.2, -0.15) is 8.42 Å². The van der Waals surface area contributed by atoms with Gasteiger partial charge in [0.1, 0.15) is 5.69 Å². The molecule has 124 valence electrons. The third-order valence-electron chi connectivity index (χ3n) is 3.40. The van der Waals surface area contributed by atoms with Crippen LogP contribution in [-0.4, -0.2) is 18.1 Å². The summed E-state index contributed by atoms with van der Waals surface area (Å²) < 4.78 is 62.5. The molecule has 0 aliphatic carbocycles. The molecule has 0 amide bonds. The molecule has 1 N–H and O–H groups in total. The molecule has 0 saturated heterocycles. The minimum absolute atomic E-state index is 0.0816. The summed E-state index contributed by atoms with van der Waals surface area (Å²) in [6.07, 6.45) is -2.88. The number of rotatable bonds is 4. The second-order valence-corrected chi connectivity index (χ2v) is 6.36. The second kappa shape index (κ2) is 6.14. The number of nitrogens with zero attached hydrogens (tertiary/aromatic N) is 1. The van der Waals surface area contributed by atoms with Gasteiger partial charge in [0.2, 0.25) is 5.76 Å². The van der Waals surface area contributed by atoms with Crippen molar-refractivity contribution in [1.82, 2.24) is 5.16 Å². The van der Waals surface area contributed by atoms with Crippen molar-refractivity contribution < 1.29 is 26.3 Å². The van der Waals surface area contributed by atoms with Crippen LogP contribution in [0.25, 0.3) is 22.4 Å². The Labute approximate surface area is 136 Å². The summed E-state index contributed by atoms with van der Waals surface area (Å²) in [4.78, 5) is -0.331. The van der Waals surface area contributed by atoms with Crippen molar-refractivity contribution in [2.75, 3.05) is 0 Å². The minimum atomic E-state index is -4.36. The van der Waals surface area contributed by atoms with E-state index in [1.54, 1.807) is 30.3 Å². The SMILES string of the molecule is O=S(=O)(O)c1ccc(-c2c(-c3ccccc3)noc2C(F)F)cc1. The molecule has 3 rings (SSSR count). The van der Waals surface area contributed by atoms with Gasteiger partial charge in [-0.15, -0.1) is 0 Å². The topological polar surface area (TPSA) is 80.4 Å². The molecule has 0 unspecified atom stereocenters. The van der Waals surface area contributed by atoms with Gasteiger partial charge in [0.25, 0.3) is 16.5 Å². The average molecular weight is 351 g/mol. The number of aromatic nitrogens is 1. The Morgan fingerprint density at radius 1 is 0.958 bits per heavy atom. The van der Waals surface area contributed by atoms with Gasteiger partial charge in [-0.3, -0.25) is 4.55 Å². The molecular formula is C16H11F2NO4S. The van der Waals surface area contributed by atoms with Gasteiger partial charge in [0, 0.05) is 5.56 Å². The summed E-state index contributed by atoms with van der Waals surface area (Å²) in [5.74, 6) is -0.603. The molecule has 24 heavy (non-hydrogen) atoms. The van der Waals surface area contributed by atoms with E-state index in [0.717, 1.165) is 12.1 Å². The fraction of sp³-hybridized carbons (Fsp3) is 0.0625. The maximum Gasteiger partial charge on any atom is 0.298 e. The van der Waals surface area contributed by atoms with Crippen LogP contribution in [0.3, 0.4) is 0 Å². The first-order valence-electron chi connectivity index (χ1n) is 6.79. The molecule has 1 heterocycles. The molecule has 0 atom stereocenters. The van der Waals surface area contributed by atoms with Crippen molar-refractivity contribution in [3.8, 4) is 22.4 Å². The van der Waals surface area contributed by atoms with Crippen molar-refractivity contribution in [2.45, 2.75) is 11.3 Å². The zero-order valence-electron chi connectivity index (χ0n) is 12.1. The van der Waals surface area contributed by atoms with E-state index in [0.29, 0.717) is 11.1 Å². The first kappa shape index (κ1) is 16.3. The quantitative estimate of drug-likeness (QED) is 0.713. The monoisotopic (exact) mass is 351 g/mol. The highest BCUT2D eigenvalue weighted by atomic mass is 32.2. The Balaban J connectivity index is 2.17. The Kier molecular flexibility index (Phi) is 4.16. The fourth-order valence-corrected chi connectivity index (χ4v) is 2.80. The van der Waals surface area contributed by atoms with Crippen molar-refractivity contribution >= 4 is 10.1 Å². The van der Waals surface area contributed by atoms with E-state index in [2.05, 4.69) is 5.16 Å². The number of hydrogen-bond acceptors (Lipinski definition) is 4. The lowest BCUT2D eigenvalue weighted by Gasteiger charge is -2.05. The highest BCUT2D eigenvalue weighted by molar-refractivity contribution is 7.85. The Morgan fingerprint density at radius 2 is 1.58 bits per heavy atom. The molecule has 0 spiro atoms. The molecule has 3 aromatic rings. The molecule has 0 aliphatic heterocycles. The van der Waals surface area contributed by atoms with Crippen molar-refractivity contribution in [1.29, 1.82) is 0 Å². The van der Waals surface area contributed by atoms with Crippen LogP contribution in [0.5, 0.6) is 0 Å². The maximum absolute atomic E-state index is 13.2. The van der Waals surface area contributed by atoms with Gasteiger partial charge >= 0.3 is 0 Å². The van der Waals surface area contributed by atoms with Crippen LogP contribution in [0.4, 0.5) is 8.78 Å². The smallest absolute Gasteiger partial charge is 0.298 e. The standard InChI is InChI=1S/C16H11F2NO4S/c17-16(18)15-13(10-6-8-12(9-7-10)24(20,21)22)14(19-23-15)11-4-2-1-3-5-11/h1-9,16H,(H,20,21,22). The van der Waals surface area contributed by atoms with E-state index in [1.165, 1.54) is 12.1 Å². The number of hydrogen-bond donors (Lipinski definition) is 1. The number of halogens is 2. The van der Waals surface area contributed by atoms with Crippen LogP contribution in [0.15, 0.2) is 64.0 Å². The molecule has 0 radical (unpaired) electrons. The summed E-state index contributed by atoms with van der Waals surface area (Å²) >= 11 is 0. The summed E-state index contributed by atoms with van der Waals surface area (Å²) in [5, 5.41) is 3.73. The minimum Gasteiger partial charge on any atom is -0.354 e. The first-order valence-corrected chi connectivity index (χ1v) is 8.23. The molecule has 5 nitrogen and oxygen atoms in total. The third kappa shape index (κ3) is 3.06. The van der Waals surface area contributed by atoms with E-state index in [9.17, 15) is 17.2 Å². The zero-order chi connectivity index (χ0) is 17.3. The Hall–Kier alpha value is -2.58. The van der Waals surface area contributed by atoms with Gasteiger partial charge in [0.05, 0.1) is 10.5 Å². The van der Waals surface area contributed by atoms with E-state index in [4.69, 9.17) is 9.08 Å². The lowest BCUT2D eigenvalue weighted by molar-refractivity contribution is 0.113. The summed E-state index contributed by atoms with van der Waals surface area (Å²) in [5.41, 5.74) is 1.20. The van der Waals surface area contributed by atoms with Crippen molar-refractivity contribution in [3.05, 3.63) is 60.4 Å². The molecule has 2 aromatic carbocycles. The summed E-state index contributed by atoms with van der Waals surface area (Å²) in [6, 6.07) is 13.5. The Morgan fingerprint density at radius 3 is 2.12 bits per heavy atom. The molecule has 0 saturated carbocycles. The average Bonchev–Trinajstić information content (AvgIpc) is 3.00. The van der Waals surface area contributed by atoms with Crippen molar-refractivity contribution in [3.63, 3.8) is 0 Å². The predicted molar refractivity (Wildman–Crippen MR) is 82.1 cm³/mol. The van der Waals surface area contributed by atoms with Crippen LogP contribution in [0.1, 0.15) is 12.2 Å². The van der Waals surface area contributed by atoms with Crippen molar-refractivity contribution in [2.24, 2.45) is 0 Å².